The molecule has 0 radical (unpaired) electrons. The number of amides is 9. The number of carbonyl (C=O) groups excluding carboxylic acids is 9. The highest BCUT2D eigenvalue weighted by molar-refractivity contribution is 7.98. The smallest absolute Gasteiger partial charge is 0.326 e. The molecule has 0 saturated heterocycles. The van der Waals surface area contributed by atoms with Gasteiger partial charge in [-0.1, -0.05) is 34.1 Å². The van der Waals surface area contributed by atoms with Gasteiger partial charge in [0.2, 0.25) is 53.2 Å². The van der Waals surface area contributed by atoms with Gasteiger partial charge in [-0.3, -0.25) is 43.2 Å². The van der Waals surface area contributed by atoms with Crippen molar-refractivity contribution in [1.82, 2.24) is 52.5 Å². The average Bonchev–Trinajstić information content (AvgIpc) is 3.79. The average molecular weight is 984 g/mol. The molecule has 0 bridgehead atoms. The monoisotopic (exact) mass is 984 g/mol. The van der Waals surface area contributed by atoms with Crippen molar-refractivity contribution >= 4 is 70.9 Å². The maximum Gasteiger partial charge on any atom is 0.326 e. The van der Waals surface area contributed by atoms with Gasteiger partial charge in [-0.15, -0.1) is 0 Å². The second-order valence-corrected chi connectivity index (χ2v) is 18.1. The number of carboxylic acid groups (broad SMARTS) is 1. The normalized spacial score (nSPS) is 15.2. The first-order valence-corrected chi connectivity index (χ1v) is 23.8. The fourth-order valence-electron chi connectivity index (χ4n) is 6.37. The summed E-state index contributed by atoms with van der Waals surface area (Å²) in [4.78, 5) is 137. The summed E-state index contributed by atoms with van der Waals surface area (Å²) in [7, 11) is 0. The Bertz CT molecular complexity index is 1840. The number of rotatable bonds is 33. The minimum Gasteiger partial charge on any atom is -0.480 e. The van der Waals surface area contributed by atoms with Crippen LogP contribution in [0, 0.1) is 11.8 Å². The van der Waals surface area contributed by atoms with Crippen LogP contribution in [0.1, 0.15) is 92.2 Å². The number of aromatic amines is 1. The minimum atomic E-state index is -1.55. The summed E-state index contributed by atoms with van der Waals surface area (Å²) in [5.41, 5.74) is 17.3. The van der Waals surface area contributed by atoms with E-state index in [0.29, 0.717) is 37.3 Å². The summed E-state index contributed by atoms with van der Waals surface area (Å²) in [5.74, 6) is -9.04. The lowest BCUT2D eigenvalue weighted by Gasteiger charge is -2.27. The lowest BCUT2D eigenvalue weighted by Crippen LogP contribution is -2.60. The molecule has 1 heterocycles. The van der Waals surface area contributed by atoms with E-state index in [4.69, 9.17) is 17.2 Å². The molecule has 26 heteroatoms. The summed E-state index contributed by atoms with van der Waals surface area (Å²) in [6.45, 7) is 8.93. The maximum atomic E-state index is 13.7. The second-order valence-electron chi connectivity index (χ2n) is 17.1. The summed E-state index contributed by atoms with van der Waals surface area (Å²) >= 11 is 1.33. The van der Waals surface area contributed by atoms with Crippen molar-refractivity contribution in [2.24, 2.45) is 29.0 Å². The zero-order chi connectivity index (χ0) is 51.7. The highest BCUT2D eigenvalue weighted by Gasteiger charge is 2.34. The topological polar surface area (TPSA) is 414 Å². The first kappa shape index (κ1) is 60.2. The molecule has 17 N–H and O–H groups in total. The molecule has 25 nitrogen and oxygen atoms in total. The van der Waals surface area contributed by atoms with Crippen LogP contribution in [0.5, 0.6) is 0 Å². The van der Waals surface area contributed by atoms with E-state index in [1.54, 1.807) is 20.1 Å². The molecule has 9 amide bonds. The number of thioether (sulfide) groups is 1. The van der Waals surface area contributed by atoms with Crippen LogP contribution in [0.2, 0.25) is 0 Å². The predicted octanol–water partition coefficient (Wildman–Crippen LogP) is -3.88. The number of nitrogens with zero attached hydrogens (tertiary/aromatic N) is 1. The van der Waals surface area contributed by atoms with Crippen LogP contribution in [0.3, 0.4) is 0 Å². The molecule has 0 unspecified atom stereocenters. The first-order chi connectivity index (χ1) is 31.9. The number of aliphatic carboxylic acids is 1. The highest BCUT2D eigenvalue weighted by atomic mass is 32.2. The number of carboxylic acids is 1. The van der Waals surface area contributed by atoms with Gasteiger partial charge < -0.3 is 74.9 Å². The zero-order valence-electron chi connectivity index (χ0n) is 39.8. The van der Waals surface area contributed by atoms with Crippen LogP contribution in [0.15, 0.2) is 12.5 Å². The van der Waals surface area contributed by atoms with Gasteiger partial charge in [-0.25, -0.2) is 9.78 Å². The van der Waals surface area contributed by atoms with Crippen LogP contribution in [0.25, 0.3) is 0 Å². The number of aromatic nitrogens is 2. The molecule has 0 fully saturated rings. The van der Waals surface area contributed by atoms with Crippen molar-refractivity contribution < 1.29 is 58.2 Å². The molecule has 9 atom stereocenters. The number of primary amides is 1. The Morgan fingerprint density at radius 1 is 0.662 bits per heavy atom. The van der Waals surface area contributed by atoms with Gasteiger partial charge in [0.15, 0.2) is 0 Å². The molecule has 0 saturated carbocycles. The Balaban J connectivity index is 3.14. The molecular weight excluding hydrogens is 911 g/mol. The Morgan fingerprint density at radius 3 is 1.66 bits per heavy atom. The van der Waals surface area contributed by atoms with Gasteiger partial charge in [0, 0.05) is 24.7 Å². The third-order valence-electron chi connectivity index (χ3n) is 10.4. The number of nitrogens with two attached hydrogens (primary N) is 3. The second kappa shape index (κ2) is 31.2. The Kier molecular flexibility index (Phi) is 27.6. The molecule has 0 spiro atoms. The third-order valence-corrected chi connectivity index (χ3v) is 11.0. The van der Waals surface area contributed by atoms with E-state index in [-0.39, 0.29) is 38.0 Å². The highest BCUT2D eigenvalue weighted by Crippen LogP contribution is 2.10. The van der Waals surface area contributed by atoms with E-state index in [2.05, 4.69) is 52.5 Å². The fraction of sp³-hybridized carbons (Fsp3) is 0.690. The van der Waals surface area contributed by atoms with E-state index in [9.17, 15) is 58.2 Å². The molecular formula is C42H73N13O12S. The standard InChI is InChI=1S/C42H73N13O12S/c1-21(2)16-29(53-36(60)26(44)10-8-9-14-43)39(63)54-31(19-56)41(65)49-23(5)34(58)50-28(13-15-68-7)38(62)51-27(11-12-32(45)57)37(61)48-24(6)35(59)52-30(17-25-18-46-20-47-25)40(64)55-33(22(3)4)42(66)67/h18,20-24,26-31,33,56H,8-17,19,43-44H2,1-7H3,(H2,45,57)(H,46,47)(H,48,61)(H,49,65)(H,50,58)(H,51,62)(H,52,59)(H,53,60)(H,54,63)(H,55,64)(H,66,67)/t23-,24-,26-,27-,28-,29-,30-,31-,33-/m0/s1. The van der Waals surface area contributed by atoms with E-state index in [0.717, 1.165) is 0 Å². The van der Waals surface area contributed by atoms with Crippen molar-refractivity contribution in [2.45, 2.75) is 147 Å². The summed E-state index contributed by atoms with van der Waals surface area (Å²) in [6.07, 6.45) is 5.45. The van der Waals surface area contributed by atoms with E-state index in [1.807, 2.05) is 13.8 Å². The molecule has 1 rings (SSSR count). The molecule has 1 aromatic heterocycles. The number of H-pyrrole nitrogens is 1. The number of aliphatic hydroxyl groups excluding tert-OH is 1. The van der Waals surface area contributed by atoms with Crippen molar-refractivity contribution in [1.29, 1.82) is 0 Å². The predicted molar refractivity (Wildman–Crippen MR) is 250 cm³/mol. The van der Waals surface area contributed by atoms with Gasteiger partial charge in [0.1, 0.15) is 48.3 Å². The zero-order valence-corrected chi connectivity index (χ0v) is 40.7. The van der Waals surface area contributed by atoms with Crippen LogP contribution in [0.4, 0.5) is 0 Å². The van der Waals surface area contributed by atoms with Crippen molar-refractivity contribution in [3.8, 4) is 0 Å². The van der Waals surface area contributed by atoms with Crippen molar-refractivity contribution in [3.63, 3.8) is 0 Å². The number of hydrogen-bond donors (Lipinski definition) is 14. The summed E-state index contributed by atoms with van der Waals surface area (Å²) in [5, 5.41) is 39.4. The third kappa shape index (κ3) is 22.3. The number of aliphatic hydroxyl groups is 1. The number of nitrogens with one attached hydrogen (secondary N) is 9. The fourth-order valence-corrected chi connectivity index (χ4v) is 6.84. The molecule has 0 aromatic carbocycles. The number of unbranched alkanes of at least 4 members (excludes halogenated alkanes) is 1. The van der Waals surface area contributed by atoms with E-state index < -0.39 is 126 Å². The van der Waals surface area contributed by atoms with Crippen molar-refractivity contribution in [3.05, 3.63) is 18.2 Å². The molecule has 1 aromatic rings. The SMILES string of the molecule is CSCC[C@H](NC(=O)[C@H](C)NC(=O)[C@H](CO)NC(=O)[C@H](CC(C)C)NC(=O)[C@@H](N)CCCCN)C(=O)N[C@@H](CCC(N)=O)C(=O)N[C@@H](C)C(=O)N[C@@H](Cc1cnc[nH]1)C(=O)N[C@H](C(=O)O)C(C)C. The lowest BCUT2D eigenvalue weighted by molar-refractivity contribution is -0.143. The summed E-state index contributed by atoms with van der Waals surface area (Å²) in [6, 6.07) is -11.7. The van der Waals surface area contributed by atoms with Gasteiger partial charge >= 0.3 is 5.97 Å². The maximum absolute atomic E-state index is 13.7. The molecule has 68 heavy (non-hydrogen) atoms. The van der Waals surface area contributed by atoms with Crippen LogP contribution in [-0.4, -0.2) is 159 Å². The first-order valence-electron chi connectivity index (χ1n) is 22.4. The molecule has 0 aliphatic carbocycles. The van der Waals surface area contributed by atoms with E-state index >= 15 is 0 Å². The van der Waals surface area contributed by atoms with Crippen LogP contribution >= 0.6 is 11.8 Å². The molecule has 0 aliphatic heterocycles. The Hall–Kier alpha value is -5.86. The molecule has 384 valence electrons. The number of carbonyl (C=O) groups is 10. The number of hydrogen-bond acceptors (Lipinski definition) is 15. The Labute approximate surface area is 400 Å². The van der Waals surface area contributed by atoms with Gasteiger partial charge in [0.25, 0.3) is 0 Å². The minimum absolute atomic E-state index is 0.0245. The lowest BCUT2D eigenvalue weighted by atomic mass is 10.0. The largest absolute Gasteiger partial charge is 0.480 e. The van der Waals surface area contributed by atoms with Crippen LogP contribution in [-0.2, 0) is 54.4 Å². The van der Waals surface area contributed by atoms with Gasteiger partial charge in [0.05, 0.1) is 19.0 Å². The van der Waals surface area contributed by atoms with E-state index in [1.165, 1.54) is 38.1 Å². The Morgan fingerprint density at radius 2 is 1.16 bits per heavy atom. The van der Waals surface area contributed by atoms with Gasteiger partial charge in [-0.05, 0) is 76.3 Å². The number of imidazole rings is 1. The quantitative estimate of drug-likeness (QED) is 0.0300. The van der Waals surface area contributed by atoms with Gasteiger partial charge in [-0.2, -0.15) is 11.8 Å². The van der Waals surface area contributed by atoms with Crippen LogP contribution < -0.4 is 59.7 Å². The molecule has 0 aliphatic rings. The van der Waals surface area contributed by atoms with Crippen molar-refractivity contribution in [2.75, 3.05) is 25.2 Å². The summed E-state index contributed by atoms with van der Waals surface area (Å²) < 4.78 is 0.